The van der Waals surface area contributed by atoms with E-state index in [1.165, 1.54) is 11.1 Å². The number of pyridine rings is 1. The van der Waals surface area contributed by atoms with E-state index < -0.39 is 0 Å². The Kier molecular flexibility index (Phi) is 3.36. The third-order valence-corrected chi connectivity index (χ3v) is 4.49. The number of fused-ring (bicyclic) bond motifs is 1. The molecule has 100 valence electrons. The number of nitrogens with zero attached hydrogens (tertiary/aromatic N) is 2. The van der Waals surface area contributed by atoms with Gasteiger partial charge in [0.25, 0.3) is 0 Å². The lowest BCUT2D eigenvalue weighted by Crippen LogP contribution is -2.20. The smallest absolute Gasteiger partial charge is 0.0726 e. The second-order valence-electron chi connectivity index (χ2n) is 5.64. The molecule has 1 saturated heterocycles. The molecule has 0 bridgehead atoms. The van der Waals surface area contributed by atoms with E-state index in [2.05, 4.69) is 48.0 Å². The molecule has 0 amide bonds. The number of alkyl halides is 1. The molecule has 0 N–H and O–H groups in total. The van der Waals surface area contributed by atoms with Crippen LogP contribution >= 0.6 is 11.6 Å². The normalized spacial score (nSPS) is 23.2. The van der Waals surface area contributed by atoms with Gasteiger partial charge in [-0.1, -0.05) is 32.0 Å². The van der Waals surface area contributed by atoms with Crippen LogP contribution in [0.2, 0.25) is 0 Å². The maximum Gasteiger partial charge on any atom is 0.0726 e. The zero-order chi connectivity index (χ0) is 13.4. The number of para-hydroxylation sites is 1. The number of anilines is 1. The lowest BCUT2D eigenvalue weighted by Gasteiger charge is -2.21. The summed E-state index contributed by atoms with van der Waals surface area (Å²) < 4.78 is 0. The van der Waals surface area contributed by atoms with Gasteiger partial charge in [-0.15, -0.1) is 11.6 Å². The van der Waals surface area contributed by atoms with Crippen molar-refractivity contribution < 1.29 is 0 Å². The van der Waals surface area contributed by atoms with E-state index in [1.54, 1.807) is 0 Å². The minimum atomic E-state index is 0.469. The number of hydrogen-bond acceptors (Lipinski definition) is 2. The van der Waals surface area contributed by atoms with E-state index in [0.29, 0.717) is 5.88 Å². The fourth-order valence-electron chi connectivity index (χ4n) is 2.87. The number of rotatable bonds is 2. The molecule has 3 heteroatoms. The highest BCUT2D eigenvalue weighted by atomic mass is 35.5. The van der Waals surface area contributed by atoms with Crippen LogP contribution in [0.5, 0.6) is 0 Å². The van der Waals surface area contributed by atoms with Crippen molar-refractivity contribution in [2.24, 2.45) is 11.8 Å². The molecule has 1 aromatic heterocycles. The van der Waals surface area contributed by atoms with Gasteiger partial charge in [-0.25, -0.2) is 0 Å². The van der Waals surface area contributed by atoms with Crippen LogP contribution in [-0.2, 0) is 5.88 Å². The summed E-state index contributed by atoms with van der Waals surface area (Å²) in [7, 11) is 0. The summed E-state index contributed by atoms with van der Waals surface area (Å²) in [5.41, 5.74) is 3.29. The quantitative estimate of drug-likeness (QED) is 0.768. The van der Waals surface area contributed by atoms with Gasteiger partial charge in [0.1, 0.15) is 0 Å². The Morgan fingerprint density at radius 1 is 1.21 bits per heavy atom. The van der Waals surface area contributed by atoms with Gasteiger partial charge in [0.05, 0.1) is 17.1 Å². The van der Waals surface area contributed by atoms with Gasteiger partial charge < -0.3 is 4.90 Å². The Bertz CT molecular complexity index is 586. The molecular formula is C16H19ClN2. The number of halogens is 1. The molecular weight excluding hydrogens is 256 g/mol. The monoisotopic (exact) mass is 274 g/mol. The van der Waals surface area contributed by atoms with Gasteiger partial charge in [0, 0.05) is 24.2 Å². The lowest BCUT2D eigenvalue weighted by molar-refractivity contribution is 0.494. The SMILES string of the molecule is CC1CN(c2cc(CCl)nc3ccccc23)CC1C. The molecule has 0 saturated carbocycles. The number of aromatic nitrogens is 1. The molecule has 1 aliphatic heterocycles. The van der Waals surface area contributed by atoms with Crippen LogP contribution in [0, 0.1) is 11.8 Å². The molecule has 2 heterocycles. The highest BCUT2D eigenvalue weighted by molar-refractivity contribution is 6.17. The molecule has 2 nitrogen and oxygen atoms in total. The molecule has 0 aliphatic carbocycles. The second kappa shape index (κ2) is 5.01. The van der Waals surface area contributed by atoms with Crippen LogP contribution in [0.25, 0.3) is 10.9 Å². The summed E-state index contributed by atoms with van der Waals surface area (Å²) in [5, 5.41) is 1.23. The zero-order valence-electron chi connectivity index (χ0n) is 11.4. The highest BCUT2D eigenvalue weighted by Gasteiger charge is 2.27. The van der Waals surface area contributed by atoms with E-state index in [-0.39, 0.29) is 0 Å². The first-order valence-electron chi connectivity index (χ1n) is 6.88. The van der Waals surface area contributed by atoms with Gasteiger partial charge in [0.2, 0.25) is 0 Å². The molecule has 1 fully saturated rings. The minimum Gasteiger partial charge on any atom is -0.370 e. The van der Waals surface area contributed by atoms with E-state index in [4.69, 9.17) is 11.6 Å². The van der Waals surface area contributed by atoms with E-state index >= 15 is 0 Å². The maximum atomic E-state index is 5.98. The van der Waals surface area contributed by atoms with Gasteiger partial charge in [0.15, 0.2) is 0 Å². The van der Waals surface area contributed by atoms with Crippen LogP contribution in [0.4, 0.5) is 5.69 Å². The van der Waals surface area contributed by atoms with Crippen LogP contribution in [0.15, 0.2) is 30.3 Å². The average molecular weight is 275 g/mol. The summed E-state index contributed by atoms with van der Waals surface area (Å²) in [6, 6.07) is 10.5. The first-order valence-corrected chi connectivity index (χ1v) is 7.42. The lowest BCUT2D eigenvalue weighted by atomic mass is 10.0. The predicted octanol–water partition coefficient (Wildman–Crippen LogP) is 4.07. The maximum absolute atomic E-state index is 5.98. The van der Waals surface area contributed by atoms with Crippen LogP contribution in [0.1, 0.15) is 19.5 Å². The predicted molar refractivity (Wildman–Crippen MR) is 81.8 cm³/mol. The fraction of sp³-hybridized carbons (Fsp3) is 0.438. The Hall–Kier alpha value is -1.28. The number of benzene rings is 1. The average Bonchev–Trinajstić information content (AvgIpc) is 2.77. The summed E-state index contributed by atoms with van der Waals surface area (Å²) in [5.74, 6) is 1.95. The van der Waals surface area contributed by atoms with E-state index in [9.17, 15) is 0 Å². The van der Waals surface area contributed by atoms with Crippen molar-refractivity contribution in [3.05, 3.63) is 36.0 Å². The molecule has 1 aromatic carbocycles. The Morgan fingerprint density at radius 2 is 1.89 bits per heavy atom. The molecule has 2 atom stereocenters. The van der Waals surface area contributed by atoms with Gasteiger partial charge >= 0.3 is 0 Å². The van der Waals surface area contributed by atoms with Gasteiger partial charge in [-0.2, -0.15) is 0 Å². The van der Waals surface area contributed by atoms with Crippen molar-refractivity contribution in [1.82, 2.24) is 4.98 Å². The summed E-state index contributed by atoms with van der Waals surface area (Å²) in [6.07, 6.45) is 0. The largest absolute Gasteiger partial charge is 0.370 e. The Morgan fingerprint density at radius 3 is 2.58 bits per heavy atom. The third kappa shape index (κ3) is 2.30. The van der Waals surface area contributed by atoms with Crippen molar-refractivity contribution in [2.45, 2.75) is 19.7 Å². The van der Waals surface area contributed by atoms with Crippen LogP contribution < -0.4 is 4.90 Å². The summed E-state index contributed by atoms with van der Waals surface area (Å²) in [4.78, 5) is 7.09. The summed E-state index contributed by atoms with van der Waals surface area (Å²) in [6.45, 7) is 6.90. The molecule has 1 aliphatic rings. The standard InChI is InChI=1S/C16H19ClN2/c1-11-9-19(10-12(11)2)16-7-13(8-17)18-15-6-4-3-5-14(15)16/h3-7,11-12H,8-10H2,1-2H3. The first kappa shape index (κ1) is 12.7. The van der Waals surface area contributed by atoms with Crippen LogP contribution in [0.3, 0.4) is 0 Å². The second-order valence-corrected chi connectivity index (χ2v) is 5.91. The van der Waals surface area contributed by atoms with E-state index in [0.717, 1.165) is 36.1 Å². The molecule has 0 spiro atoms. The Balaban J connectivity index is 2.11. The van der Waals surface area contributed by atoms with Crippen molar-refractivity contribution >= 4 is 28.2 Å². The van der Waals surface area contributed by atoms with Crippen molar-refractivity contribution in [3.63, 3.8) is 0 Å². The van der Waals surface area contributed by atoms with Crippen molar-refractivity contribution in [2.75, 3.05) is 18.0 Å². The van der Waals surface area contributed by atoms with Crippen molar-refractivity contribution in [3.8, 4) is 0 Å². The number of hydrogen-bond donors (Lipinski definition) is 0. The topological polar surface area (TPSA) is 16.1 Å². The van der Waals surface area contributed by atoms with Crippen LogP contribution in [-0.4, -0.2) is 18.1 Å². The molecule has 0 radical (unpaired) electrons. The molecule has 2 unspecified atom stereocenters. The first-order chi connectivity index (χ1) is 9.19. The van der Waals surface area contributed by atoms with E-state index in [1.807, 2.05) is 6.07 Å². The summed E-state index contributed by atoms with van der Waals surface area (Å²) >= 11 is 5.98. The molecule has 2 aromatic rings. The van der Waals surface area contributed by atoms with Gasteiger partial charge in [-0.05, 0) is 24.0 Å². The highest BCUT2D eigenvalue weighted by Crippen LogP contribution is 2.33. The fourth-order valence-corrected chi connectivity index (χ4v) is 3.00. The zero-order valence-corrected chi connectivity index (χ0v) is 12.2. The Labute approximate surface area is 119 Å². The molecule has 19 heavy (non-hydrogen) atoms. The third-order valence-electron chi connectivity index (χ3n) is 4.21. The molecule has 3 rings (SSSR count). The van der Waals surface area contributed by atoms with Gasteiger partial charge in [-0.3, -0.25) is 4.98 Å². The van der Waals surface area contributed by atoms with Crippen molar-refractivity contribution in [1.29, 1.82) is 0 Å². The minimum absolute atomic E-state index is 0.469.